The van der Waals surface area contributed by atoms with Gasteiger partial charge in [-0.2, -0.15) is 0 Å². The summed E-state index contributed by atoms with van der Waals surface area (Å²) in [5.41, 5.74) is 2.35. The van der Waals surface area contributed by atoms with Crippen LogP contribution in [0.2, 0.25) is 5.02 Å². The van der Waals surface area contributed by atoms with Crippen LogP contribution in [-0.2, 0) is 11.2 Å². The summed E-state index contributed by atoms with van der Waals surface area (Å²) >= 11 is 5.86. The number of carbonyl (C=O) groups excluding carboxylic acids is 1. The number of carbonyl (C=O) groups is 1. The molecule has 1 unspecified atom stereocenters. The monoisotopic (exact) mass is 341 g/mol. The fourth-order valence-corrected chi connectivity index (χ4v) is 2.41. The van der Waals surface area contributed by atoms with E-state index in [-0.39, 0.29) is 18.4 Å². The Bertz CT molecular complexity index is 816. The van der Waals surface area contributed by atoms with Gasteiger partial charge in [0.15, 0.2) is 0 Å². The summed E-state index contributed by atoms with van der Waals surface area (Å²) in [5.74, 6) is 0.345. The van der Waals surface area contributed by atoms with Crippen LogP contribution in [0.1, 0.15) is 24.2 Å². The number of halogens is 1. The smallest absolute Gasteiger partial charge is 0.226 e. The third kappa shape index (κ3) is 4.00. The molecule has 1 N–H and O–H groups in total. The Morgan fingerprint density at radius 2 is 2.08 bits per heavy atom. The molecule has 122 valence electrons. The highest BCUT2D eigenvalue weighted by atomic mass is 35.5. The van der Waals surface area contributed by atoms with Gasteiger partial charge in [0, 0.05) is 23.0 Å². The predicted molar refractivity (Wildman–Crippen MR) is 91.4 cm³/mol. The first kappa shape index (κ1) is 16.2. The normalized spacial score (nSPS) is 11.9. The molecule has 0 bridgehead atoms. The Kier molecular flexibility index (Phi) is 4.91. The number of nitrogens with one attached hydrogen (secondary N) is 1. The van der Waals surface area contributed by atoms with Crippen molar-refractivity contribution in [3.63, 3.8) is 0 Å². The lowest BCUT2D eigenvalue weighted by atomic mass is 10.1. The van der Waals surface area contributed by atoms with Crippen molar-refractivity contribution in [1.29, 1.82) is 0 Å². The molecule has 2 heterocycles. The Hall–Kier alpha value is -2.66. The molecule has 0 fully saturated rings. The lowest BCUT2D eigenvalue weighted by Gasteiger charge is -2.13. The molecule has 24 heavy (non-hydrogen) atoms. The van der Waals surface area contributed by atoms with Crippen molar-refractivity contribution in [2.45, 2.75) is 19.4 Å². The molecule has 1 atom stereocenters. The van der Waals surface area contributed by atoms with Crippen molar-refractivity contribution >= 4 is 17.5 Å². The van der Waals surface area contributed by atoms with E-state index in [4.69, 9.17) is 16.0 Å². The molecule has 0 spiro atoms. The van der Waals surface area contributed by atoms with E-state index in [1.54, 1.807) is 24.5 Å². The minimum atomic E-state index is -0.123. The van der Waals surface area contributed by atoms with E-state index in [1.165, 1.54) is 6.26 Å². The topological polar surface area (TPSA) is 68.0 Å². The highest BCUT2D eigenvalue weighted by molar-refractivity contribution is 6.30. The molecule has 6 heteroatoms. The SMILES string of the molecule is CC(NC(=O)Cc1coc(-c2ccc(Cl)cc2)n1)c1cccnc1. The zero-order valence-corrected chi connectivity index (χ0v) is 13.8. The summed E-state index contributed by atoms with van der Waals surface area (Å²) in [7, 11) is 0. The second-order valence-corrected chi connectivity index (χ2v) is 5.84. The van der Waals surface area contributed by atoms with Gasteiger partial charge in [-0.1, -0.05) is 17.7 Å². The molecule has 3 aromatic rings. The van der Waals surface area contributed by atoms with Gasteiger partial charge in [-0.25, -0.2) is 4.98 Å². The van der Waals surface area contributed by atoms with Crippen LogP contribution >= 0.6 is 11.6 Å². The summed E-state index contributed by atoms with van der Waals surface area (Å²) in [6, 6.07) is 10.8. The van der Waals surface area contributed by atoms with Crippen molar-refractivity contribution in [2.75, 3.05) is 0 Å². The molecule has 1 amide bonds. The van der Waals surface area contributed by atoms with Gasteiger partial charge in [0.2, 0.25) is 11.8 Å². The van der Waals surface area contributed by atoms with E-state index in [2.05, 4.69) is 15.3 Å². The van der Waals surface area contributed by atoms with Gasteiger partial charge in [-0.15, -0.1) is 0 Å². The van der Waals surface area contributed by atoms with Crippen LogP contribution in [-0.4, -0.2) is 15.9 Å². The quantitative estimate of drug-likeness (QED) is 0.766. The van der Waals surface area contributed by atoms with Crippen LogP contribution in [0.5, 0.6) is 0 Å². The number of hydrogen-bond donors (Lipinski definition) is 1. The van der Waals surface area contributed by atoms with Crippen LogP contribution in [0.3, 0.4) is 0 Å². The first-order valence-corrected chi connectivity index (χ1v) is 7.89. The molecular weight excluding hydrogens is 326 g/mol. The highest BCUT2D eigenvalue weighted by Crippen LogP contribution is 2.21. The molecule has 0 saturated carbocycles. The molecule has 0 radical (unpaired) electrons. The summed E-state index contributed by atoms with van der Waals surface area (Å²) < 4.78 is 5.44. The van der Waals surface area contributed by atoms with Gasteiger partial charge in [0.1, 0.15) is 6.26 Å². The van der Waals surface area contributed by atoms with E-state index in [0.29, 0.717) is 16.6 Å². The molecule has 0 saturated heterocycles. The van der Waals surface area contributed by atoms with Crippen LogP contribution in [0, 0.1) is 0 Å². The van der Waals surface area contributed by atoms with Crippen molar-refractivity contribution in [1.82, 2.24) is 15.3 Å². The van der Waals surface area contributed by atoms with Gasteiger partial charge in [-0.05, 0) is 42.8 Å². The van der Waals surface area contributed by atoms with Crippen LogP contribution in [0.15, 0.2) is 59.5 Å². The maximum atomic E-state index is 12.2. The Morgan fingerprint density at radius 1 is 1.29 bits per heavy atom. The van der Waals surface area contributed by atoms with Crippen molar-refractivity contribution < 1.29 is 9.21 Å². The number of hydrogen-bond acceptors (Lipinski definition) is 4. The minimum absolute atomic E-state index is 0.117. The molecule has 0 aliphatic carbocycles. The maximum Gasteiger partial charge on any atom is 0.226 e. The van der Waals surface area contributed by atoms with Crippen molar-refractivity contribution in [2.24, 2.45) is 0 Å². The molecule has 1 aromatic carbocycles. The van der Waals surface area contributed by atoms with Crippen LogP contribution < -0.4 is 5.32 Å². The number of nitrogens with zero attached hydrogens (tertiary/aromatic N) is 2. The molecular formula is C18H16ClN3O2. The van der Waals surface area contributed by atoms with Crippen molar-refractivity contribution in [3.05, 3.63) is 71.3 Å². The number of aromatic nitrogens is 2. The fourth-order valence-electron chi connectivity index (χ4n) is 2.29. The highest BCUT2D eigenvalue weighted by Gasteiger charge is 2.13. The standard InChI is InChI=1S/C18H16ClN3O2/c1-12(14-3-2-8-20-10-14)21-17(23)9-16-11-24-18(22-16)13-4-6-15(19)7-5-13/h2-8,10-12H,9H2,1H3,(H,21,23). The maximum absolute atomic E-state index is 12.2. The Labute approximate surface area is 144 Å². The van der Waals surface area contributed by atoms with Gasteiger partial charge in [0.05, 0.1) is 18.2 Å². The lowest BCUT2D eigenvalue weighted by Crippen LogP contribution is -2.28. The Balaban J connectivity index is 1.62. The zero-order valence-electron chi connectivity index (χ0n) is 13.1. The number of pyridine rings is 1. The van der Waals surface area contributed by atoms with E-state index >= 15 is 0 Å². The van der Waals surface area contributed by atoms with Crippen LogP contribution in [0.4, 0.5) is 0 Å². The lowest BCUT2D eigenvalue weighted by molar-refractivity contribution is -0.121. The predicted octanol–water partition coefficient (Wildman–Crippen LogP) is 3.81. The summed E-state index contributed by atoms with van der Waals surface area (Å²) in [5, 5.41) is 3.57. The molecule has 2 aromatic heterocycles. The number of oxazole rings is 1. The summed E-state index contributed by atoms with van der Waals surface area (Å²) in [6.07, 6.45) is 5.09. The van der Waals surface area contributed by atoms with Gasteiger partial charge < -0.3 is 9.73 Å². The van der Waals surface area contributed by atoms with Gasteiger partial charge in [-0.3, -0.25) is 9.78 Å². The summed E-state index contributed by atoms with van der Waals surface area (Å²) in [4.78, 5) is 20.6. The minimum Gasteiger partial charge on any atom is -0.444 e. The zero-order chi connectivity index (χ0) is 16.9. The van der Waals surface area contributed by atoms with E-state index in [0.717, 1.165) is 11.1 Å². The number of benzene rings is 1. The average Bonchev–Trinajstić information content (AvgIpc) is 3.04. The Morgan fingerprint density at radius 3 is 2.79 bits per heavy atom. The van der Waals surface area contributed by atoms with Gasteiger partial charge >= 0.3 is 0 Å². The molecule has 0 aliphatic heterocycles. The molecule has 5 nitrogen and oxygen atoms in total. The molecule has 3 rings (SSSR count). The first-order valence-electron chi connectivity index (χ1n) is 7.51. The number of rotatable bonds is 5. The van der Waals surface area contributed by atoms with E-state index in [1.807, 2.05) is 31.2 Å². The third-order valence-corrected chi connectivity index (χ3v) is 3.80. The third-order valence-electron chi connectivity index (χ3n) is 3.55. The first-order chi connectivity index (χ1) is 11.6. The van der Waals surface area contributed by atoms with Crippen molar-refractivity contribution in [3.8, 4) is 11.5 Å². The largest absolute Gasteiger partial charge is 0.444 e. The summed E-state index contributed by atoms with van der Waals surface area (Å²) in [6.45, 7) is 1.91. The fraction of sp³-hybridized carbons (Fsp3) is 0.167. The van der Waals surface area contributed by atoms with Gasteiger partial charge in [0.25, 0.3) is 0 Å². The average molecular weight is 342 g/mol. The second kappa shape index (κ2) is 7.27. The number of amides is 1. The van der Waals surface area contributed by atoms with Crippen LogP contribution in [0.25, 0.3) is 11.5 Å². The van der Waals surface area contributed by atoms with E-state index < -0.39 is 0 Å². The second-order valence-electron chi connectivity index (χ2n) is 5.40. The van der Waals surface area contributed by atoms with E-state index in [9.17, 15) is 4.79 Å². The molecule has 0 aliphatic rings.